The molecule has 0 bridgehead atoms. The second-order valence-corrected chi connectivity index (χ2v) is 6.92. The van der Waals surface area contributed by atoms with Crippen LogP contribution in [0.5, 0.6) is 5.75 Å². The molecular weight excluding hydrogens is 370 g/mol. The molecule has 0 fully saturated rings. The van der Waals surface area contributed by atoms with E-state index in [4.69, 9.17) is 14.5 Å². The largest absolute Gasteiger partial charge is 0.482 e. The molecule has 0 saturated carbocycles. The minimum absolute atomic E-state index is 0.217. The van der Waals surface area contributed by atoms with Crippen LogP contribution < -0.4 is 4.74 Å². The highest BCUT2D eigenvalue weighted by atomic mass is 79.9. The summed E-state index contributed by atoms with van der Waals surface area (Å²) in [6.07, 6.45) is 3.95. The predicted molar refractivity (Wildman–Crippen MR) is 94.4 cm³/mol. The van der Waals surface area contributed by atoms with Crippen molar-refractivity contribution < 1.29 is 9.26 Å². The van der Waals surface area contributed by atoms with Crippen LogP contribution in [0, 0.1) is 17.2 Å². The molecule has 1 atom stereocenters. The fourth-order valence-corrected chi connectivity index (χ4v) is 2.55. The van der Waals surface area contributed by atoms with Crippen molar-refractivity contribution in [3.63, 3.8) is 0 Å². The van der Waals surface area contributed by atoms with E-state index in [1.165, 1.54) is 0 Å². The monoisotopic (exact) mass is 391 g/mol. The number of nitrogens with zero attached hydrogens (tertiary/aromatic N) is 3. The van der Waals surface area contributed by atoms with Crippen LogP contribution in [0.2, 0.25) is 0 Å². The molecule has 0 aliphatic rings. The van der Waals surface area contributed by atoms with E-state index in [1.807, 2.05) is 24.3 Å². The van der Waals surface area contributed by atoms with Gasteiger partial charge >= 0.3 is 0 Å². The van der Waals surface area contributed by atoms with Crippen molar-refractivity contribution in [1.82, 2.24) is 10.1 Å². The van der Waals surface area contributed by atoms with Gasteiger partial charge in [-0.2, -0.15) is 10.2 Å². The molecule has 0 saturated heterocycles. The van der Waals surface area contributed by atoms with E-state index in [1.54, 1.807) is 0 Å². The lowest BCUT2D eigenvalue weighted by Crippen LogP contribution is -2.16. The van der Waals surface area contributed by atoms with Crippen LogP contribution in [-0.4, -0.2) is 10.1 Å². The average molecular weight is 392 g/mol. The molecule has 128 valence electrons. The Kier molecular flexibility index (Phi) is 7.26. The lowest BCUT2D eigenvalue weighted by atomic mass is 10.1. The number of aromatic nitrogens is 2. The maximum Gasteiger partial charge on any atom is 0.226 e. The zero-order chi connectivity index (χ0) is 17.4. The molecule has 2 aromatic rings. The van der Waals surface area contributed by atoms with Gasteiger partial charge in [0.1, 0.15) is 5.75 Å². The Hall–Kier alpha value is -1.87. The van der Waals surface area contributed by atoms with E-state index in [2.05, 4.69) is 46.0 Å². The molecular formula is C18H22BrN3O2. The van der Waals surface area contributed by atoms with Crippen LogP contribution in [-0.2, 0) is 6.42 Å². The summed E-state index contributed by atoms with van der Waals surface area (Å²) in [6, 6.07) is 9.86. The van der Waals surface area contributed by atoms with Gasteiger partial charge in [0.2, 0.25) is 11.7 Å². The van der Waals surface area contributed by atoms with Gasteiger partial charge in [-0.25, -0.2) is 0 Å². The Bertz CT molecular complexity index is 662. The molecule has 0 spiro atoms. The average Bonchev–Trinajstić information content (AvgIpc) is 3.02. The molecule has 1 unspecified atom stereocenters. The van der Waals surface area contributed by atoms with Crippen molar-refractivity contribution in [1.29, 1.82) is 5.26 Å². The Labute approximate surface area is 151 Å². The van der Waals surface area contributed by atoms with Crippen molar-refractivity contribution in [2.45, 2.75) is 52.1 Å². The number of ether oxygens (including phenoxy) is 1. The van der Waals surface area contributed by atoms with Crippen LogP contribution in [0.15, 0.2) is 33.3 Å². The molecule has 24 heavy (non-hydrogen) atoms. The van der Waals surface area contributed by atoms with Gasteiger partial charge in [0.25, 0.3) is 0 Å². The number of hydrogen-bond acceptors (Lipinski definition) is 5. The second-order valence-electron chi connectivity index (χ2n) is 6.00. The number of unbranched alkanes of at least 4 members (excludes halogenated alkanes) is 3. The van der Waals surface area contributed by atoms with Crippen molar-refractivity contribution >= 4 is 15.9 Å². The maximum atomic E-state index is 8.53. The Morgan fingerprint density at radius 2 is 1.96 bits per heavy atom. The second kappa shape index (κ2) is 9.43. The van der Waals surface area contributed by atoms with E-state index in [-0.39, 0.29) is 12.0 Å². The van der Waals surface area contributed by atoms with E-state index in [0.717, 1.165) is 35.9 Å². The summed E-state index contributed by atoms with van der Waals surface area (Å²) >= 11 is 3.42. The van der Waals surface area contributed by atoms with Gasteiger partial charge in [0, 0.05) is 17.3 Å². The molecule has 2 rings (SSSR count). The quantitative estimate of drug-likeness (QED) is 0.546. The van der Waals surface area contributed by atoms with Crippen LogP contribution >= 0.6 is 15.9 Å². The summed E-state index contributed by atoms with van der Waals surface area (Å²) in [5, 5.41) is 12.6. The van der Waals surface area contributed by atoms with Crippen LogP contribution in [0.4, 0.5) is 0 Å². The van der Waals surface area contributed by atoms with Gasteiger partial charge in [0.05, 0.1) is 6.07 Å². The normalized spacial score (nSPS) is 12.1. The smallest absolute Gasteiger partial charge is 0.226 e. The Morgan fingerprint density at radius 1 is 1.21 bits per heavy atom. The first-order chi connectivity index (χ1) is 11.6. The van der Waals surface area contributed by atoms with E-state index in [9.17, 15) is 0 Å². The minimum Gasteiger partial charge on any atom is -0.482 e. The van der Waals surface area contributed by atoms with Gasteiger partial charge in [-0.05, 0) is 43.0 Å². The number of hydrogen-bond donors (Lipinski definition) is 0. The number of rotatable bonds is 9. The molecule has 1 aromatic carbocycles. The highest BCUT2D eigenvalue weighted by Gasteiger charge is 2.23. The first-order valence-corrected chi connectivity index (χ1v) is 9.01. The third-order valence-electron chi connectivity index (χ3n) is 3.60. The summed E-state index contributed by atoms with van der Waals surface area (Å²) in [7, 11) is 0. The molecule has 5 nitrogen and oxygen atoms in total. The van der Waals surface area contributed by atoms with Gasteiger partial charge in [0.15, 0.2) is 6.10 Å². The number of aryl methyl sites for hydroxylation is 1. The highest BCUT2D eigenvalue weighted by Crippen LogP contribution is 2.27. The highest BCUT2D eigenvalue weighted by molar-refractivity contribution is 9.10. The third-order valence-corrected chi connectivity index (χ3v) is 4.13. The molecule has 0 radical (unpaired) electrons. The van der Waals surface area contributed by atoms with E-state index in [0.29, 0.717) is 18.1 Å². The summed E-state index contributed by atoms with van der Waals surface area (Å²) < 4.78 is 12.4. The number of halogens is 1. The third kappa shape index (κ3) is 5.64. The maximum absolute atomic E-state index is 8.53. The number of benzene rings is 1. The van der Waals surface area contributed by atoms with E-state index >= 15 is 0 Å². The van der Waals surface area contributed by atoms with E-state index < -0.39 is 0 Å². The Balaban J connectivity index is 1.96. The minimum atomic E-state index is -0.248. The van der Waals surface area contributed by atoms with Gasteiger partial charge in [-0.15, -0.1) is 0 Å². The predicted octanol–water partition coefficient (Wildman–Crippen LogP) is 5.23. The van der Waals surface area contributed by atoms with Crippen LogP contribution in [0.1, 0.15) is 57.3 Å². The Morgan fingerprint density at radius 3 is 2.62 bits per heavy atom. The summed E-state index contributed by atoms with van der Waals surface area (Å²) in [6.45, 7) is 4.14. The SMILES string of the molecule is CC(C)C(Oc1ccc(Br)cc1)c1noc(CCCCCC#N)n1. The first-order valence-electron chi connectivity index (χ1n) is 8.22. The lowest BCUT2D eigenvalue weighted by Gasteiger charge is -2.19. The molecule has 0 aliphatic heterocycles. The van der Waals surface area contributed by atoms with Crippen LogP contribution in [0.25, 0.3) is 0 Å². The zero-order valence-electron chi connectivity index (χ0n) is 14.0. The lowest BCUT2D eigenvalue weighted by molar-refractivity contribution is 0.141. The topological polar surface area (TPSA) is 71.9 Å². The van der Waals surface area contributed by atoms with Crippen LogP contribution in [0.3, 0.4) is 0 Å². The van der Waals surface area contributed by atoms with Gasteiger partial charge in [-0.1, -0.05) is 41.4 Å². The van der Waals surface area contributed by atoms with Crippen molar-refractivity contribution in [2.24, 2.45) is 5.92 Å². The fourth-order valence-electron chi connectivity index (χ4n) is 2.29. The first kappa shape index (κ1) is 18.5. The fraction of sp³-hybridized carbons (Fsp3) is 0.500. The van der Waals surface area contributed by atoms with Crippen molar-refractivity contribution in [3.05, 3.63) is 40.5 Å². The summed E-state index contributed by atoms with van der Waals surface area (Å²) in [5.74, 6) is 2.21. The molecule has 1 heterocycles. The molecule has 0 aliphatic carbocycles. The van der Waals surface area contributed by atoms with Gasteiger partial charge in [-0.3, -0.25) is 0 Å². The zero-order valence-corrected chi connectivity index (χ0v) is 15.6. The van der Waals surface area contributed by atoms with Crippen molar-refractivity contribution in [3.8, 4) is 11.8 Å². The molecule has 1 aromatic heterocycles. The molecule has 0 amide bonds. The van der Waals surface area contributed by atoms with Gasteiger partial charge < -0.3 is 9.26 Å². The molecule has 6 heteroatoms. The number of nitriles is 1. The summed E-state index contributed by atoms with van der Waals surface area (Å²) in [4.78, 5) is 4.49. The molecule has 0 N–H and O–H groups in total. The summed E-state index contributed by atoms with van der Waals surface area (Å²) in [5.41, 5.74) is 0. The standard InChI is InChI=1S/C18H22BrN3O2/c1-13(2)17(23-15-10-8-14(19)9-11-15)18-21-16(24-22-18)7-5-3-4-6-12-20/h8-11,13,17H,3-7H2,1-2H3. The van der Waals surface area contributed by atoms with Crippen molar-refractivity contribution in [2.75, 3.05) is 0 Å².